The van der Waals surface area contributed by atoms with Crippen LogP contribution in [0.3, 0.4) is 0 Å². The van der Waals surface area contributed by atoms with Crippen molar-refractivity contribution in [3.05, 3.63) is 34.9 Å². The van der Waals surface area contributed by atoms with Crippen LogP contribution >= 0.6 is 24.5 Å². The first-order chi connectivity index (χ1) is 11.5. The van der Waals surface area contributed by atoms with Gasteiger partial charge in [0.25, 0.3) is 0 Å². The van der Waals surface area contributed by atoms with E-state index in [4.69, 9.17) is 22.1 Å². The molecule has 0 aliphatic heterocycles. The zero-order valence-electron chi connectivity index (χ0n) is 15.9. The number of rotatable bonds is 5. The van der Waals surface area contributed by atoms with E-state index in [0.29, 0.717) is 5.92 Å². The Morgan fingerprint density at radius 1 is 1.33 bits per heavy atom. The van der Waals surface area contributed by atoms with Crippen molar-refractivity contribution in [2.24, 2.45) is 11.7 Å². The van der Waals surface area contributed by atoms with Crippen LogP contribution in [-0.2, 0) is 4.10 Å². The van der Waals surface area contributed by atoms with E-state index in [1.54, 1.807) is 0 Å². The Labute approximate surface area is 161 Å². The zero-order valence-corrected chi connectivity index (χ0v) is 17.5. The van der Waals surface area contributed by atoms with Gasteiger partial charge in [-0.15, -0.1) is 0 Å². The molecule has 0 aliphatic carbocycles. The molecule has 0 saturated heterocycles. The van der Waals surface area contributed by atoms with E-state index in [0.717, 1.165) is 35.9 Å². The van der Waals surface area contributed by atoms with E-state index in [9.17, 15) is 0 Å². The highest BCUT2D eigenvalue weighted by Crippen LogP contribution is 2.24. The van der Waals surface area contributed by atoms with Gasteiger partial charge in [-0.25, -0.2) is 0 Å². The second-order valence-corrected chi connectivity index (χ2v) is 5.41. The first kappa shape index (κ1) is 28.2. The monoisotopic (exact) mass is 373 g/mol. The highest BCUT2D eigenvalue weighted by Gasteiger charge is 2.00. The van der Waals surface area contributed by atoms with Gasteiger partial charge in [0.15, 0.2) is 0 Å². The fraction of sp³-hybridized carbons (Fsp3) is 0.556. The van der Waals surface area contributed by atoms with E-state index >= 15 is 0 Å². The average molecular weight is 374 g/mol. The molecule has 1 aromatic rings. The summed E-state index contributed by atoms with van der Waals surface area (Å²) in [5.74, 6) is 1.56. The molecule has 0 unspecified atom stereocenters. The minimum Gasteiger partial charge on any atom is -0.493 e. The maximum absolute atomic E-state index is 5.90. The molecule has 1 rings (SSSR count). The van der Waals surface area contributed by atoms with Crippen molar-refractivity contribution >= 4 is 38.6 Å². The maximum Gasteiger partial charge on any atom is 0.304 e. The number of allylic oxidation sites excluding steroid dienone is 1. The van der Waals surface area contributed by atoms with Crippen LogP contribution in [0.2, 0.25) is 5.02 Å². The van der Waals surface area contributed by atoms with Gasteiger partial charge in [-0.1, -0.05) is 58.4 Å². The van der Waals surface area contributed by atoms with Gasteiger partial charge in [0.2, 0.25) is 0 Å². The molecule has 0 bridgehead atoms. The molecule has 0 aromatic heterocycles. The molecule has 0 aliphatic rings. The maximum atomic E-state index is 5.90. The summed E-state index contributed by atoms with van der Waals surface area (Å²) in [4.78, 5) is 0. The fourth-order valence-corrected chi connectivity index (χ4v) is 1.35. The number of nitrogens with two attached hydrogens (primary N) is 1. The second-order valence-electron chi connectivity index (χ2n) is 4.77. The molecule has 0 saturated carbocycles. The topological polar surface area (TPSA) is 44.5 Å². The molecule has 2 N–H and O–H groups in total. The quantitative estimate of drug-likeness (QED) is 0.394. The lowest BCUT2D eigenvalue weighted by molar-refractivity contribution is 0.317. The predicted octanol–water partition coefficient (Wildman–Crippen LogP) is 5.72. The SMILES string of the molecule is C/C=C/c1cc(Cl)ccc1OCCC.CC.CC(C)CN.[B]OS. The molecule has 0 atom stereocenters. The van der Waals surface area contributed by atoms with Crippen molar-refractivity contribution < 1.29 is 8.84 Å². The molecule has 3 nitrogen and oxygen atoms in total. The van der Waals surface area contributed by atoms with Crippen LogP contribution in [0.1, 0.15) is 53.5 Å². The summed E-state index contributed by atoms with van der Waals surface area (Å²) in [6.07, 6.45) is 4.99. The van der Waals surface area contributed by atoms with Crippen LogP contribution in [0.15, 0.2) is 24.3 Å². The zero-order chi connectivity index (χ0) is 19.4. The summed E-state index contributed by atoms with van der Waals surface area (Å²) in [7, 11) is 4.21. The first-order valence-corrected chi connectivity index (χ1v) is 8.96. The fourth-order valence-electron chi connectivity index (χ4n) is 1.17. The van der Waals surface area contributed by atoms with Crippen molar-refractivity contribution in [2.45, 2.75) is 48.0 Å². The molecule has 138 valence electrons. The van der Waals surface area contributed by atoms with Gasteiger partial charge in [0.05, 0.1) is 6.61 Å². The number of benzene rings is 1. The number of hydrogen-bond acceptors (Lipinski definition) is 4. The Balaban J connectivity index is -0.000000368. The van der Waals surface area contributed by atoms with Gasteiger partial charge in [0, 0.05) is 10.6 Å². The van der Waals surface area contributed by atoms with Crippen LogP contribution in [0.5, 0.6) is 5.75 Å². The Hall–Kier alpha value is -0.615. The normalized spacial score (nSPS) is 9.25. The molecule has 0 fully saturated rings. The van der Waals surface area contributed by atoms with Gasteiger partial charge in [-0.2, -0.15) is 0 Å². The number of hydrogen-bond donors (Lipinski definition) is 2. The van der Waals surface area contributed by atoms with Crippen molar-refractivity contribution in [3.8, 4) is 5.75 Å². The largest absolute Gasteiger partial charge is 0.493 e. The molecular formula is C18H33BClNO2S. The molecule has 6 heteroatoms. The highest BCUT2D eigenvalue weighted by atomic mass is 35.5. The third kappa shape index (κ3) is 19.4. The summed E-state index contributed by atoms with van der Waals surface area (Å²) in [5.41, 5.74) is 6.21. The molecule has 24 heavy (non-hydrogen) atoms. The third-order valence-electron chi connectivity index (χ3n) is 2.25. The number of ether oxygens (including phenoxy) is 1. The summed E-state index contributed by atoms with van der Waals surface area (Å²) in [5, 5.41) is 0.738. The van der Waals surface area contributed by atoms with Crippen molar-refractivity contribution in [2.75, 3.05) is 13.2 Å². The standard InChI is InChI=1S/C12H15ClO.C4H11N.C2H6.BHOS/c1-3-5-10-9-11(13)6-7-12(10)14-8-4-2;1-4(2)3-5;1-2;1-2-3/h3,5-7,9H,4,8H2,1-2H3;4H,3,5H2,1-2H3;1-2H3;3H/b5-3+;;;. The number of halogens is 1. The summed E-state index contributed by atoms with van der Waals surface area (Å²) < 4.78 is 9.03. The lowest BCUT2D eigenvalue weighted by Gasteiger charge is -2.08. The third-order valence-corrected chi connectivity index (χ3v) is 2.49. The van der Waals surface area contributed by atoms with Crippen LogP contribution in [0, 0.1) is 5.92 Å². The highest BCUT2D eigenvalue weighted by molar-refractivity contribution is 7.75. The summed E-state index contributed by atoms with van der Waals surface area (Å²) in [6, 6.07) is 5.67. The van der Waals surface area contributed by atoms with E-state index in [1.807, 2.05) is 51.1 Å². The van der Waals surface area contributed by atoms with E-state index in [2.05, 4.69) is 45.8 Å². The molecule has 0 heterocycles. The first-order valence-electron chi connectivity index (χ1n) is 8.22. The molecular weight excluding hydrogens is 341 g/mol. The molecule has 0 amide bonds. The smallest absolute Gasteiger partial charge is 0.304 e. The minimum absolute atomic E-state index is 0.662. The Bertz CT molecular complexity index is 405. The average Bonchev–Trinajstić information content (AvgIpc) is 2.57. The van der Waals surface area contributed by atoms with Gasteiger partial charge in [-0.05, 0) is 56.9 Å². The van der Waals surface area contributed by atoms with Crippen LogP contribution in [0.25, 0.3) is 6.08 Å². The lowest BCUT2D eigenvalue weighted by Crippen LogP contribution is -2.05. The van der Waals surface area contributed by atoms with Gasteiger partial charge >= 0.3 is 8.05 Å². The summed E-state index contributed by atoms with van der Waals surface area (Å²) in [6.45, 7) is 13.8. The second kappa shape index (κ2) is 22.4. The van der Waals surface area contributed by atoms with Crippen molar-refractivity contribution in [1.82, 2.24) is 0 Å². The van der Waals surface area contributed by atoms with E-state index in [-0.39, 0.29) is 0 Å². The predicted molar refractivity (Wildman–Crippen MR) is 113 cm³/mol. The van der Waals surface area contributed by atoms with Crippen LogP contribution in [-0.4, -0.2) is 21.2 Å². The molecule has 0 spiro atoms. The van der Waals surface area contributed by atoms with Crippen molar-refractivity contribution in [1.29, 1.82) is 0 Å². The molecule has 2 radical (unpaired) electrons. The Morgan fingerprint density at radius 2 is 1.83 bits per heavy atom. The lowest BCUT2D eigenvalue weighted by atomic mass is 10.2. The van der Waals surface area contributed by atoms with E-state index in [1.165, 1.54) is 0 Å². The Morgan fingerprint density at radius 3 is 2.21 bits per heavy atom. The summed E-state index contributed by atoms with van der Waals surface area (Å²) >= 11 is 8.96. The van der Waals surface area contributed by atoms with Crippen LogP contribution in [0.4, 0.5) is 0 Å². The number of thiol groups is 1. The van der Waals surface area contributed by atoms with Crippen LogP contribution < -0.4 is 10.5 Å². The van der Waals surface area contributed by atoms with Gasteiger partial charge in [0.1, 0.15) is 5.75 Å². The van der Waals surface area contributed by atoms with Gasteiger partial charge < -0.3 is 14.6 Å². The minimum atomic E-state index is 0.662. The molecule has 1 aromatic carbocycles. The van der Waals surface area contributed by atoms with Gasteiger partial charge in [-0.3, -0.25) is 0 Å². The van der Waals surface area contributed by atoms with E-state index < -0.39 is 0 Å². The van der Waals surface area contributed by atoms with Crippen molar-refractivity contribution in [3.63, 3.8) is 0 Å². The Kier molecular flexibility index (Phi) is 26.3.